The summed E-state index contributed by atoms with van der Waals surface area (Å²) in [6, 6.07) is 8.46. The monoisotopic (exact) mass is 433 g/mol. The second-order valence-corrected chi connectivity index (χ2v) is 7.49. The summed E-state index contributed by atoms with van der Waals surface area (Å²) in [6.07, 6.45) is -1.18. The molecule has 2 aromatic heterocycles. The van der Waals surface area contributed by atoms with Gasteiger partial charge in [-0.1, -0.05) is 0 Å². The van der Waals surface area contributed by atoms with Crippen molar-refractivity contribution in [2.24, 2.45) is 0 Å². The molecule has 0 spiro atoms. The van der Waals surface area contributed by atoms with Crippen LogP contribution in [-0.2, 0) is 12.7 Å². The molecule has 1 amide bonds. The van der Waals surface area contributed by atoms with Crippen molar-refractivity contribution in [1.29, 1.82) is 0 Å². The Labute approximate surface area is 177 Å². The third kappa shape index (κ3) is 4.93. The quantitative estimate of drug-likeness (QED) is 0.628. The summed E-state index contributed by atoms with van der Waals surface area (Å²) in [5.74, 6) is 0.00113. The summed E-state index contributed by atoms with van der Waals surface area (Å²) in [7, 11) is 0. The summed E-state index contributed by atoms with van der Waals surface area (Å²) < 4.78 is 50.2. The highest BCUT2D eigenvalue weighted by Gasteiger charge is 2.32. The highest BCUT2D eigenvalue weighted by molar-refractivity contribution is 6.04. The number of carbonyl (C=O) groups is 1. The number of benzene rings is 1. The average molecular weight is 433 g/mol. The molecule has 0 radical (unpaired) electrons. The van der Waals surface area contributed by atoms with Crippen LogP contribution in [0.5, 0.6) is 0 Å². The number of hydrogen-bond acceptors (Lipinski definition) is 5. The van der Waals surface area contributed by atoms with E-state index >= 15 is 0 Å². The maximum absolute atomic E-state index is 13.3. The van der Waals surface area contributed by atoms with Crippen molar-refractivity contribution < 1.29 is 26.8 Å². The molecule has 1 aliphatic rings. The number of amides is 1. The molecule has 0 unspecified atom stereocenters. The van der Waals surface area contributed by atoms with Crippen LogP contribution in [0.15, 0.2) is 57.8 Å². The Morgan fingerprint density at radius 2 is 1.87 bits per heavy atom. The van der Waals surface area contributed by atoms with E-state index in [1.165, 1.54) is 12.1 Å². The Bertz CT molecular complexity index is 1040. The van der Waals surface area contributed by atoms with Crippen molar-refractivity contribution in [3.63, 3.8) is 0 Å². The fourth-order valence-electron chi connectivity index (χ4n) is 3.62. The zero-order chi connectivity index (χ0) is 22.0. The molecule has 0 bridgehead atoms. The molecule has 3 heterocycles. The van der Waals surface area contributed by atoms with Gasteiger partial charge in [0.15, 0.2) is 5.76 Å². The molecular formula is C22H22F3N3O3. The lowest BCUT2D eigenvalue weighted by Crippen LogP contribution is -2.46. The van der Waals surface area contributed by atoms with Crippen LogP contribution in [0.2, 0.25) is 0 Å². The normalized spacial score (nSPS) is 15.3. The summed E-state index contributed by atoms with van der Waals surface area (Å²) in [6.45, 7) is 5.14. The molecule has 0 atom stereocenters. The van der Waals surface area contributed by atoms with E-state index in [1.54, 1.807) is 25.5 Å². The molecule has 1 aromatic carbocycles. The van der Waals surface area contributed by atoms with Crippen LogP contribution in [0.3, 0.4) is 0 Å². The van der Waals surface area contributed by atoms with Crippen LogP contribution in [0.1, 0.15) is 27.4 Å². The predicted octanol–water partition coefficient (Wildman–Crippen LogP) is 4.77. The molecule has 0 aliphatic carbocycles. The van der Waals surface area contributed by atoms with Crippen molar-refractivity contribution in [3.05, 3.63) is 71.6 Å². The Balaban J connectivity index is 1.53. The number of halogens is 3. The van der Waals surface area contributed by atoms with Crippen molar-refractivity contribution in [3.8, 4) is 0 Å². The van der Waals surface area contributed by atoms with Crippen LogP contribution in [-0.4, -0.2) is 37.0 Å². The first kappa shape index (κ1) is 21.0. The average Bonchev–Trinajstić information content (AvgIpc) is 3.40. The van der Waals surface area contributed by atoms with E-state index in [0.29, 0.717) is 24.5 Å². The number of alkyl halides is 3. The molecule has 3 aromatic rings. The molecule has 1 fully saturated rings. The Hall–Kier alpha value is -3.20. The Kier molecular flexibility index (Phi) is 5.77. The minimum atomic E-state index is -4.51. The number of carbonyl (C=O) groups excluding carboxylic acids is 1. The standard InChI is InChI=1S/C22H22F3N3O3/c1-15-2-5-20(31-15)21(29)26-18-12-17(22(23,24)25)3-4-19(18)28-9-7-27(8-10-28)13-16-6-11-30-14-16/h2-6,11-12,14H,7-10,13H2,1H3,(H,26,29). The van der Waals surface area contributed by atoms with E-state index in [0.717, 1.165) is 37.3 Å². The van der Waals surface area contributed by atoms with Crippen molar-refractivity contribution in [2.45, 2.75) is 19.6 Å². The zero-order valence-corrected chi connectivity index (χ0v) is 16.9. The minimum Gasteiger partial charge on any atom is -0.472 e. The van der Waals surface area contributed by atoms with Crippen molar-refractivity contribution in [1.82, 2.24) is 4.90 Å². The van der Waals surface area contributed by atoms with Gasteiger partial charge in [0.2, 0.25) is 0 Å². The number of furan rings is 2. The highest BCUT2D eigenvalue weighted by atomic mass is 19.4. The van der Waals surface area contributed by atoms with E-state index < -0.39 is 17.6 Å². The Morgan fingerprint density at radius 1 is 1.10 bits per heavy atom. The molecule has 1 N–H and O–H groups in total. The minimum absolute atomic E-state index is 0.0470. The fourth-order valence-corrected chi connectivity index (χ4v) is 3.62. The van der Waals surface area contributed by atoms with Gasteiger partial charge in [-0.15, -0.1) is 0 Å². The maximum atomic E-state index is 13.3. The molecule has 1 saturated heterocycles. The van der Waals surface area contributed by atoms with E-state index in [2.05, 4.69) is 10.2 Å². The molecule has 6 nitrogen and oxygen atoms in total. The summed E-state index contributed by atoms with van der Waals surface area (Å²) in [5, 5.41) is 2.60. The van der Waals surface area contributed by atoms with Gasteiger partial charge in [-0.25, -0.2) is 0 Å². The molecule has 1 aliphatic heterocycles. The highest BCUT2D eigenvalue weighted by Crippen LogP contribution is 2.36. The van der Waals surface area contributed by atoms with Crippen molar-refractivity contribution >= 4 is 17.3 Å². The van der Waals surface area contributed by atoms with Crippen LogP contribution in [0.4, 0.5) is 24.5 Å². The SMILES string of the molecule is Cc1ccc(C(=O)Nc2cc(C(F)(F)F)ccc2N2CCN(Cc3ccoc3)CC2)o1. The van der Waals surface area contributed by atoms with Gasteiger partial charge in [-0.05, 0) is 43.3 Å². The van der Waals surface area contributed by atoms with Crippen LogP contribution in [0, 0.1) is 6.92 Å². The second kappa shape index (κ2) is 8.50. The predicted molar refractivity (Wildman–Crippen MR) is 109 cm³/mol. The maximum Gasteiger partial charge on any atom is 0.416 e. The summed E-state index contributed by atoms with van der Waals surface area (Å²) >= 11 is 0. The van der Waals surface area contributed by atoms with Gasteiger partial charge in [0.05, 0.1) is 29.5 Å². The van der Waals surface area contributed by atoms with Crippen LogP contribution in [0.25, 0.3) is 0 Å². The number of rotatable bonds is 5. The third-order valence-electron chi connectivity index (χ3n) is 5.24. The molecule has 31 heavy (non-hydrogen) atoms. The topological polar surface area (TPSA) is 61.9 Å². The Morgan fingerprint density at radius 3 is 2.48 bits per heavy atom. The first-order valence-corrected chi connectivity index (χ1v) is 9.87. The lowest BCUT2D eigenvalue weighted by atomic mass is 10.1. The lowest BCUT2D eigenvalue weighted by Gasteiger charge is -2.37. The number of anilines is 2. The fraction of sp³-hybridized carbons (Fsp3) is 0.318. The van der Waals surface area contributed by atoms with Gasteiger partial charge in [0.1, 0.15) is 5.76 Å². The summed E-state index contributed by atoms with van der Waals surface area (Å²) in [4.78, 5) is 16.8. The van der Waals surface area contributed by atoms with Crippen molar-refractivity contribution in [2.75, 3.05) is 36.4 Å². The van der Waals surface area contributed by atoms with Gasteiger partial charge in [-0.2, -0.15) is 13.2 Å². The summed E-state index contributed by atoms with van der Waals surface area (Å²) in [5.41, 5.74) is 0.912. The molecule has 0 saturated carbocycles. The van der Waals surface area contributed by atoms with E-state index in [4.69, 9.17) is 8.83 Å². The van der Waals surface area contributed by atoms with Gasteiger partial charge in [-0.3, -0.25) is 9.69 Å². The van der Waals surface area contributed by atoms with Gasteiger partial charge >= 0.3 is 6.18 Å². The smallest absolute Gasteiger partial charge is 0.416 e. The third-order valence-corrected chi connectivity index (χ3v) is 5.24. The van der Waals surface area contributed by atoms with Gasteiger partial charge in [0, 0.05) is 38.3 Å². The van der Waals surface area contributed by atoms with Gasteiger partial charge in [0.25, 0.3) is 5.91 Å². The van der Waals surface area contributed by atoms with Crippen LogP contribution >= 0.6 is 0 Å². The lowest BCUT2D eigenvalue weighted by molar-refractivity contribution is -0.137. The second-order valence-electron chi connectivity index (χ2n) is 7.49. The largest absolute Gasteiger partial charge is 0.472 e. The van der Waals surface area contributed by atoms with Gasteiger partial charge < -0.3 is 19.1 Å². The molecule has 9 heteroatoms. The zero-order valence-electron chi connectivity index (χ0n) is 16.9. The number of nitrogens with zero attached hydrogens (tertiary/aromatic N) is 2. The number of piperazine rings is 1. The molecule has 164 valence electrons. The number of hydrogen-bond donors (Lipinski definition) is 1. The first-order chi connectivity index (χ1) is 14.8. The van der Waals surface area contributed by atoms with E-state index in [9.17, 15) is 18.0 Å². The van der Waals surface area contributed by atoms with E-state index in [-0.39, 0.29) is 11.4 Å². The number of aryl methyl sites for hydroxylation is 1. The first-order valence-electron chi connectivity index (χ1n) is 9.87. The number of nitrogens with one attached hydrogen (secondary N) is 1. The van der Waals surface area contributed by atoms with E-state index in [1.807, 2.05) is 11.0 Å². The van der Waals surface area contributed by atoms with Crippen LogP contribution < -0.4 is 10.2 Å². The molecule has 4 rings (SSSR count). The molecular weight excluding hydrogens is 411 g/mol.